The van der Waals surface area contributed by atoms with Gasteiger partial charge < -0.3 is 27.1 Å². The summed E-state index contributed by atoms with van der Waals surface area (Å²) in [4.78, 5) is 50.8. The summed E-state index contributed by atoms with van der Waals surface area (Å²) in [5, 5.41) is 32.9. The van der Waals surface area contributed by atoms with Gasteiger partial charge >= 0.3 is 5.97 Å². The second kappa shape index (κ2) is 9.67. The number of thioether (sulfide) groups is 2. The molecular formula is C18H15N11O5S3. The third-order valence-corrected chi connectivity index (χ3v) is 7.73. The Morgan fingerprint density at radius 1 is 1.32 bits per heavy atom. The van der Waals surface area contributed by atoms with E-state index in [4.69, 9.17) is 11.5 Å². The van der Waals surface area contributed by atoms with Crippen molar-refractivity contribution in [3.8, 4) is 0 Å². The van der Waals surface area contributed by atoms with Crippen molar-refractivity contribution in [1.29, 1.82) is 0 Å². The fraction of sp³-hybridized carbons (Fsp3) is 0.167. The number of allylic oxidation sites excluding steroid dienone is 1. The number of nitrogens with zero attached hydrogens (tertiary/aromatic N) is 7. The summed E-state index contributed by atoms with van der Waals surface area (Å²) in [6.45, 7) is 0. The van der Waals surface area contributed by atoms with Crippen LogP contribution in [0.3, 0.4) is 0 Å². The molecule has 16 nitrogen and oxygen atoms in total. The minimum Gasteiger partial charge on any atom is -0.477 e. The Labute approximate surface area is 218 Å². The molecule has 1 fully saturated rings. The number of carboxylic acids is 1. The van der Waals surface area contributed by atoms with Crippen molar-refractivity contribution in [2.24, 2.45) is 5.16 Å². The first-order valence-corrected chi connectivity index (χ1v) is 12.8. The van der Waals surface area contributed by atoms with Crippen molar-refractivity contribution >= 4 is 80.5 Å². The van der Waals surface area contributed by atoms with Gasteiger partial charge in [-0.1, -0.05) is 16.9 Å². The average molecular weight is 562 g/mol. The van der Waals surface area contributed by atoms with Gasteiger partial charge in [0.15, 0.2) is 15.9 Å². The summed E-state index contributed by atoms with van der Waals surface area (Å²) in [6.07, 6.45) is 3.07. The summed E-state index contributed by atoms with van der Waals surface area (Å²) >= 11 is 3.17. The van der Waals surface area contributed by atoms with E-state index in [1.54, 1.807) is 11.5 Å². The SMILES string of the molecule is Nc1nc(C(=NO)C(=O)N[C@@H]2C(=O)N3C(C(=O)O)=C(C=CSc4nc(N)c5cn[nH]c5n4)CS[C@H]23)ns1. The molecule has 0 unspecified atom stereocenters. The van der Waals surface area contributed by atoms with E-state index in [0.717, 1.165) is 28.2 Å². The van der Waals surface area contributed by atoms with Gasteiger partial charge in [0.2, 0.25) is 11.5 Å². The predicted molar refractivity (Wildman–Crippen MR) is 133 cm³/mol. The van der Waals surface area contributed by atoms with Crippen molar-refractivity contribution in [2.75, 3.05) is 17.2 Å². The lowest BCUT2D eigenvalue weighted by atomic mass is 10.0. The zero-order chi connectivity index (χ0) is 26.3. The van der Waals surface area contributed by atoms with Crippen LogP contribution in [0.1, 0.15) is 5.82 Å². The van der Waals surface area contributed by atoms with E-state index >= 15 is 0 Å². The van der Waals surface area contributed by atoms with Crippen LogP contribution < -0.4 is 16.8 Å². The van der Waals surface area contributed by atoms with E-state index in [2.05, 4.69) is 40.0 Å². The van der Waals surface area contributed by atoms with Crippen LogP contribution >= 0.6 is 35.1 Å². The summed E-state index contributed by atoms with van der Waals surface area (Å²) < 4.78 is 3.81. The summed E-state index contributed by atoms with van der Waals surface area (Å²) in [7, 11) is 0. The number of rotatable bonds is 7. The molecule has 2 aliphatic rings. The van der Waals surface area contributed by atoms with Crippen LogP contribution in [-0.2, 0) is 14.4 Å². The average Bonchev–Trinajstić information content (AvgIpc) is 3.52. The number of anilines is 2. The number of carbonyl (C=O) groups excluding carboxylic acids is 2. The number of H-pyrrole nitrogens is 1. The smallest absolute Gasteiger partial charge is 0.352 e. The van der Waals surface area contributed by atoms with Gasteiger partial charge in [-0.25, -0.2) is 14.8 Å². The van der Waals surface area contributed by atoms with Gasteiger partial charge in [-0.3, -0.25) is 19.6 Å². The normalized spacial score (nSPS) is 19.8. The Kier molecular flexibility index (Phi) is 6.39. The number of nitrogens with two attached hydrogens (primary N) is 2. The number of carboxylic acid groups (broad SMARTS) is 1. The Balaban J connectivity index is 1.31. The molecule has 5 rings (SSSR count). The number of aromatic amines is 1. The number of carbonyl (C=O) groups is 3. The molecule has 2 amide bonds. The van der Waals surface area contributed by atoms with Gasteiger partial charge in [0.05, 0.1) is 11.6 Å². The number of fused-ring (bicyclic) bond motifs is 2. The molecule has 2 aliphatic heterocycles. The number of nitrogen functional groups attached to an aromatic ring is 2. The van der Waals surface area contributed by atoms with Gasteiger partial charge in [-0.2, -0.15) is 14.5 Å². The molecule has 8 N–H and O–H groups in total. The number of oxime groups is 1. The summed E-state index contributed by atoms with van der Waals surface area (Å²) in [5.41, 5.74) is 11.5. The molecule has 1 saturated heterocycles. The highest BCUT2D eigenvalue weighted by Gasteiger charge is 2.54. The quantitative estimate of drug-likeness (QED) is 0.0536. The molecule has 37 heavy (non-hydrogen) atoms. The molecule has 190 valence electrons. The molecule has 2 atom stereocenters. The van der Waals surface area contributed by atoms with Crippen LogP contribution in [0.25, 0.3) is 11.0 Å². The maximum atomic E-state index is 12.9. The molecule has 3 aromatic rings. The molecule has 5 heterocycles. The minimum atomic E-state index is -1.30. The van der Waals surface area contributed by atoms with Crippen LogP contribution in [0.5, 0.6) is 0 Å². The minimum absolute atomic E-state index is 0.0598. The number of hydrogen-bond donors (Lipinski definition) is 6. The largest absolute Gasteiger partial charge is 0.477 e. The fourth-order valence-electron chi connectivity index (χ4n) is 3.57. The number of nitrogens with one attached hydrogen (secondary N) is 2. The van der Waals surface area contributed by atoms with Gasteiger partial charge in [-0.15, -0.1) is 11.8 Å². The zero-order valence-corrected chi connectivity index (χ0v) is 20.7. The van der Waals surface area contributed by atoms with Crippen LogP contribution in [0.15, 0.2) is 39.3 Å². The van der Waals surface area contributed by atoms with Gasteiger partial charge in [-0.05, 0) is 17.1 Å². The van der Waals surface area contributed by atoms with E-state index in [0.29, 0.717) is 21.8 Å². The van der Waals surface area contributed by atoms with E-state index in [-0.39, 0.29) is 28.2 Å². The van der Waals surface area contributed by atoms with Gasteiger partial charge in [0, 0.05) is 17.3 Å². The van der Waals surface area contributed by atoms with E-state index in [1.807, 2.05) is 0 Å². The highest BCUT2D eigenvalue weighted by atomic mass is 32.2. The molecule has 0 spiro atoms. The Bertz CT molecular complexity index is 1530. The highest BCUT2D eigenvalue weighted by Crippen LogP contribution is 2.41. The van der Waals surface area contributed by atoms with Crippen molar-refractivity contribution in [3.63, 3.8) is 0 Å². The van der Waals surface area contributed by atoms with Crippen molar-refractivity contribution in [1.82, 2.24) is 39.7 Å². The molecular weight excluding hydrogens is 546 g/mol. The van der Waals surface area contributed by atoms with E-state index < -0.39 is 34.9 Å². The third-order valence-electron chi connectivity index (χ3n) is 5.22. The molecule has 0 aromatic carbocycles. The molecule has 0 radical (unpaired) electrons. The monoisotopic (exact) mass is 561 g/mol. The lowest BCUT2D eigenvalue weighted by Crippen LogP contribution is -2.71. The van der Waals surface area contributed by atoms with Crippen molar-refractivity contribution in [3.05, 3.63) is 34.8 Å². The van der Waals surface area contributed by atoms with Gasteiger partial charge in [0.25, 0.3) is 11.8 Å². The number of amides is 2. The van der Waals surface area contributed by atoms with Crippen LogP contribution in [0.2, 0.25) is 0 Å². The summed E-state index contributed by atoms with van der Waals surface area (Å²) in [6, 6.07) is -1.04. The first-order chi connectivity index (χ1) is 17.8. The molecule has 0 bridgehead atoms. The molecule has 19 heteroatoms. The van der Waals surface area contributed by atoms with E-state index in [1.165, 1.54) is 18.0 Å². The first-order valence-electron chi connectivity index (χ1n) is 10.1. The number of aromatic nitrogens is 6. The second-order valence-corrected chi connectivity index (χ2v) is 10.2. The van der Waals surface area contributed by atoms with Crippen LogP contribution in [0.4, 0.5) is 10.9 Å². The lowest BCUT2D eigenvalue weighted by molar-refractivity contribution is -0.150. The lowest BCUT2D eigenvalue weighted by Gasteiger charge is -2.49. The molecule has 0 saturated carbocycles. The first kappa shape index (κ1) is 24.5. The number of aliphatic carboxylic acids is 1. The predicted octanol–water partition coefficient (Wildman–Crippen LogP) is -0.408. The maximum absolute atomic E-state index is 12.9. The van der Waals surface area contributed by atoms with Gasteiger partial charge in [0.1, 0.15) is 22.9 Å². The number of β-lactam (4-membered cyclic amide) rings is 1. The highest BCUT2D eigenvalue weighted by molar-refractivity contribution is 8.02. The second-order valence-electron chi connectivity index (χ2n) is 7.39. The maximum Gasteiger partial charge on any atom is 0.352 e. The summed E-state index contributed by atoms with van der Waals surface area (Å²) in [5.74, 6) is -2.55. The molecule has 3 aromatic heterocycles. The van der Waals surface area contributed by atoms with Crippen LogP contribution in [0, 0.1) is 0 Å². The van der Waals surface area contributed by atoms with Crippen molar-refractivity contribution < 1.29 is 24.7 Å². The Morgan fingerprint density at radius 2 is 2.14 bits per heavy atom. The topological polar surface area (TPSA) is 252 Å². The molecule has 0 aliphatic carbocycles. The fourth-order valence-corrected chi connectivity index (χ4v) is 5.97. The standard InChI is InChI=1S/C18H15N11O5S3/c19-10-6-3-21-26-11(6)25-18(23-10)35-2-1-5-4-36-15-8(14(31)29(15)9(5)16(32)33)22-13(30)7(27-34)12-24-17(20)37-28-12/h1-3,8,15,34H,4H2,(H,22,30)(H,32,33)(H2,20,24,28)(H3,19,21,23,25,26)/t8-,15-/m1/s1. The Morgan fingerprint density at radius 3 is 2.84 bits per heavy atom. The third kappa shape index (κ3) is 4.42. The van der Waals surface area contributed by atoms with Crippen LogP contribution in [-0.4, -0.2) is 85.4 Å². The van der Waals surface area contributed by atoms with Crippen molar-refractivity contribution in [2.45, 2.75) is 16.6 Å². The van der Waals surface area contributed by atoms with E-state index in [9.17, 15) is 24.7 Å². The number of hydrogen-bond acceptors (Lipinski definition) is 15. The zero-order valence-electron chi connectivity index (χ0n) is 18.2. The Hall–Kier alpha value is -4.23.